The number of H-pyrrole nitrogens is 1. The number of aromatic amines is 1. The second-order valence-electron chi connectivity index (χ2n) is 8.09. The van der Waals surface area contributed by atoms with Crippen molar-refractivity contribution in [3.8, 4) is 0 Å². The van der Waals surface area contributed by atoms with Crippen molar-refractivity contribution in [1.29, 1.82) is 0 Å². The first-order chi connectivity index (χ1) is 15.0. The summed E-state index contributed by atoms with van der Waals surface area (Å²) in [6, 6.07) is 13.1. The third-order valence-corrected chi connectivity index (χ3v) is 6.26. The summed E-state index contributed by atoms with van der Waals surface area (Å²) in [5.74, 6) is -0.144. The van der Waals surface area contributed by atoms with Crippen LogP contribution in [-0.2, 0) is 16.0 Å². The summed E-state index contributed by atoms with van der Waals surface area (Å²) in [6.07, 6.45) is 1.24. The molecular weight excluding hydrogens is 396 g/mol. The van der Waals surface area contributed by atoms with Crippen LogP contribution in [0.3, 0.4) is 0 Å². The monoisotopic (exact) mass is 418 g/mol. The standard InChI is InChI=1S/C23H22N4O4/c1-2-11-25-13-20(28)26-19(23(25)29)12-17-16-5-3-4-6-18(16)24-21(17)22(26)14-7-9-15(10-8-14)27(30)31/h3-10,19,22,24H,2,11-13H2,1H3/t19-,22?/m0/s1. The molecule has 31 heavy (non-hydrogen) atoms. The van der Waals surface area contributed by atoms with E-state index in [-0.39, 0.29) is 24.0 Å². The summed E-state index contributed by atoms with van der Waals surface area (Å²) in [4.78, 5) is 44.0. The lowest BCUT2D eigenvalue weighted by molar-refractivity contribution is -0.384. The molecule has 1 aromatic heterocycles. The van der Waals surface area contributed by atoms with Crippen LogP contribution in [0.1, 0.15) is 36.2 Å². The van der Waals surface area contributed by atoms with E-state index in [1.54, 1.807) is 21.9 Å². The Bertz CT molecular complexity index is 1200. The first kappa shape index (κ1) is 19.3. The lowest BCUT2D eigenvalue weighted by Crippen LogP contribution is -2.63. The summed E-state index contributed by atoms with van der Waals surface area (Å²) in [6.45, 7) is 2.60. The number of carbonyl (C=O) groups excluding carboxylic acids is 2. The highest BCUT2D eigenvalue weighted by molar-refractivity contribution is 5.97. The fourth-order valence-corrected chi connectivity index (χ4v) is 4.91. The number of carbonyl (C=O) groups is 2. The number of aromatic nitrogens is 1. The second-order valence-corrected chi connectivity index (χ2v) is 8.09. The van der Waals surface area contributed by atoms with Gasteiger partial charge in [0.15, 0.2) is 0 Å². The van der Waals surface area contributed by atoms with Crippen LogP contribution in [0.5, 0.6) is 0 Å². The van der Waals surface area contributed by atoms with E-state index in [2.05, 4.69) is 4.98 Å². The van der Waals surface area contributed by atoms with Crippen molar-refractivity contribution in [2.75, 3.05) is 13.1 Å². The first-order valence-corrected chi connectivity index (χ1v) is 10.4. The van der Waals surface area contributed by atoms with Gasteiger partial charge in [0.05, 0.1) is 17.5 Å². The molecule has 2 atom stereocenters. The number of amides is 2. The largest absolute Gasteiger partial charge is 0.356 e. The molecule has 2 aliphatic heterocycles. The number of nitrogens with zero attached hydrogens (tertiary/aromatic N) is 3. The normalized spacial score (nSPS) is 20.7. The van der Waals surface area contributed by atoms with Crippen LogP contribution in [-0.4, -0.2) is 50.7 Å². The molecule has 8 heteroatoms. The number of nitrogens with one attached hydrogen (secondary N) is 1. The molecule has 8 nitrogen and oxygen atoms in total. The molecule has 2 amide bonds. The Morgan fingerprint density at radius 2 is 1.87 bits per heavy atom. The Morgan fingerprint density at radius 1 is 1.13 bits per heavy atom. The molecule has 0 bridgehead atoms. The molecule has 0 saturated carbocycles. The highest BCUT2D eigenvalue weighted by Crippen LogP contribution is 2.42. The van der Waals surface area contributed by atoms with Crippen LogP contribution in [0.25, 0.3) is 10.9 Å². The van der Waals surface area contributed by atoms with Crippen molar-refractivity contribution in [3.05, 3.63) is 75.5 Å². The van der Waals surface area contributed by atoms with Crippen molar-refractivity contribution in [2.45, 2.75) is 31.8 Å². The van der Waals surface area contributed by atoms with Gasteiger partial charge in [-0.15, -0.1) is 0 Å². The van der Waals surface area contributed by atoms with Crippen molar-refractivity contribution >= 4 is 28.4 Å². The number of benzene rings is 2. The third-order valence-electron chi connectivity index (χ3n) is 6.26. The number of hydrogen-bond acceptors (Lipinski definition) is 4. The van der Waals surface area contributed by atoms with Crippen molar-refractivity contribution in [1.82, 2.24) is 14.8 Å². The number of piperazine rings is 1. The minimum absolute atomic E-state index is 0.0110. The molecule has 0 radical (unpaired) electrons. The predicted octanol–water partition coefficient (Wildman–Crippen LogP) is 3.17. The van der Waals surface area contributed by atoms with Gasteiger partial charge in [-0.2, -0.15) is 0 Å². The van der Waals surface area contributed by atoms with Crippen LogP contribution >= 0.6 is 0 Å². The van der Waals surface area contributed by atoms with E-state index in [1.165, 1.54) is 12.1 Å². The third kappa shape index (κ3) is 2.98. The second kappa shape index (κ2) is 7.23. The van der Waals surface area contributed by atoms with Gasteiger partial charge in [0.1, 0.15) is 6.04 Å². The zero-order valence-corrected chi connectivity index (χ0v) is 17.1. The highest BCUT2D eigenvalue weighted by Gasteiger charge is 2.48. The number of hydrogen-bond donors (Lipinski definition) is 1. The number of fused-ring (bicyclic) bond motifs is 4. The van der Waals surface area contributed by atoms with Crippen molar-refractivity contribution in [3.63, 3.8) is 0 Å². The van der Waals surface area contributed by atoms with Crippen molar-refractivity contribution in [2.24, 2.45) is 0 Å². The van der Waals surface area contributed by atoms with Gasteiger partial charge in [0.2, 0.25) is 11.8 Å². The number of para-hydroxylation sites is 1. The van der Waals surface area contributed by atoms with Gasteiger partial charge in [-0.3, -0.25) is 19.7 Å². The molecule has 1 N–H and O–H groups in total. The molecular formula is C23H22N4O4. The lowest BCUT2D eigenvalue weighted by atomic mass is 9.86. The average molecular weight is 418 g/mol. The minimum Gasteiger partial charge on any atom is -0.356 e. The molecule has 2 aliphatic rings. The quantitative estimate of drug-likeness (QED) is 0.520. The summed E-state index contributed by atoms with van der Waals surface area (Å²) in [7, 11) is 0. The zero-order valence-electron chi connectivity index (χ0n) is 17.1. The molecule has 158 valence electrons. The number of nitro groups is 1. The van der Waals surface area contributed by atoms with Crippen LogP contribution in [0.4, 0.5) is 5.69 Å². The Balaban J connectivity index is 1.68. The zero-order chi connectivity index (χ0) is 21.7. The maximum atomic E-state index is 13.3. The topological polar surface area (TPSA) is 99.5 Å². The van der Waals surface area contributed by atoms with Gasteiger partial charge < -0.3 is 14.8 Å². The maximum Gasteiger partial charge on any atom is 0.269 e. The smallest absolute Gasteiger partial charge is 0.269 e. The van der Waals surface area contributed by atoms with Crippen LogP contribution in [0, 0.1) is 10.1 Å². The average Bonchev–Trinajstić information content (AvgIpc) is 3.14. The van der Waals surface area contributed by atoms with Gasteiger partial charge in [-0.1, -0.05) is 25.1 Å². The summed E-state index contributed by atoms with van der Waals surface area (Å²) in [5, 5.41) is 12.1. The molecule has 1 fully saturated rings. The molecule has 2 aromatic carbocycles. The molecule has 0 aliphatic carbocycles. The SMILES string of the molecule is CCCN1CC(=O)N2C(c3ccc([N+](=O)[O-])cc3)c3[nH]c4ccccc4c3C[C@H]2C1=O. The molecule has 0 spiro atoms. The summed E-state index contributed by atoms with van der Waals surface area (Å²) >= 11 is 0. The Labute approximate surface area is 178 Å². The maximum absolute atomic E-state index is 13.3. The fourth-order valence-electron chi connectivity index (χ4n) is 4.91. The van der Waals surface area contributed by atoms with E-state index in [4.69, 9.17) is 0 Å². The van der Waals surface area contributed by atoms with Gasteiger partial charge in [-0.25, -0.2) is 0 Å². The molecule has 1 saturated heterocycles. The molecule has 3 heterocycles. The first-order valence-electron chi connectivity index (χ1n) is 10.4. The minimum atomic E-state index is -0.584. The fraction of sp³-hybridized carbons (Fsp3) is 0.304. The number of rotatable bonds is 4. The number of non-ortho nitro benzene ring substituents is 1. The Hall–Kier alpha value is -3.68. The van der Waals surface area contributed by atoms with E-state index in [0.717, 1.165) is 34.1 Å². The number of nitro benzene ring substituents is 1. The van der Waals surface area contributed by atoms with Crippen LogP contribution in [0.2, 0.25) is 0 Å². The van der Waals surface area contributed by atoms with E-state index in [1.807, 2.05) is 31.2 Å². The van der Waals surface area contributed by atoms with Crippen LogP contribution < -0.4 is 0 Å². The Morgan fingerprint density at radius 3 is 2.58 bits per heavy atom. The predicted molar refractivity (Wildman–Crippen MR) is 114 cm³/mol. The van der Waals surface area contributed by atoms with E-state index >= 15 is 0 Å². The molecule has 3 aromatic rings. The van der Waals surface area contributed by atoms with E-state index in [0.29, 0.717) is 13.0 Å². The Kier molecular flexibility index (Phi) is 4.50. The van der Waals surface area contributed by atoms with E-state index in [9.17, 15) is 19.7 Å². The van der Waals surface area contributed by atoms with E-state index < -0.39 is 17.0 Å². The van der Waals surface area contributed by atoms with Gasteiger partial charge in [0.25, 0.3) is 5.69 Å². The molecule has 5 rings (SSSR count). The van der Waals surface area contributed by atoms with Crippen LogP contribution in [0.15, 0.2) is 48.5 Å². The molecule has 1 unspecified atom stereocenters. The van der Waals surface area contributed by atoms with Crippen molar-refractivity contribution < 1.29 is 14.5 Å². The van der Waals surface area contributed by atoms with Gasteiger partial charge in [-0.05, 0) is 35.7 Å². The highest BCUT2D eigenvalue weighted by atomic mass is 16.6. The van der Waals surface area contributed by atoms with Gasteiger partial charge >= 0.3 is 0 Å². The van der Waals surface area contributed by atoms with Gasteiger partial charge in [0, 0.05) is 41.7 Å². The lowest BCUT2D eigenvalue weighted by Gasteiger charge is -2.47. The summed E-state index contributed by atoms with van der Waals surface area (Å²) in [5.41, 5.74) is 3.58. The summed E-state index contributed by atoms with van der Waals surface area (Å²) < 4.78 is 0.